The van der Waals surface area contributed by atoms with Crippen molar-refractivity contribution >= 4 is 23.6 Å². The molecule has 0 aromatic carbocycles. The van der Waals surface area contributed by atoms with Gasteiger partial charge in [0.15, 0.2) is 0 Å². The van der Waals surface area contributed by atoms with Gasteiger partial charge in [0.05, 0.1) is 11.8 Å². The lowest BCUT2D eigenvalue weighted by atomic mass is 9.97. The summed E-state index contributed by atoms with van der Waals surface area (Å²) < 4.78 is 0. The highest BCUT2D eigenvalue weighted by Crippen LogP contribution is 2.27. The zero-order chi connectivity index (χ0) is 18.0. The Bertz CT molecular complexity index is 665. The normalized spacial score (nSPS) is 24.2. The first-order chi connectivity index (χ1) is 12.0. The predicted octanol–water partition coefficient (Wildman–Crippen LogP) is 0.188. The maximum absolute atomic E-state index is 11.5. The van der Waals surface area contributed by atoms with E-state index in [-0.39, 0.29) is 23.7 Å². The van der Waals surface area contributed by atoms with Gasteiger partial charge in [-0.3, -0.25) is 9.59 Å². The number of nitrogens with two attached hydrogens (primary N) is 2. The van der Waals surface area contributed by atoms with E-state index in [2.05, 4.69) is 9.88 Å². The molecule has 1 aromatic rings. The number of piperidine rings is 2. The Kier molecular flexibility index (Phi) is 5.06. The van der Waals surface area contributed by atoms with Crippen LogP contribution >= 0.6 is 0 Å². The van der Waals surface area contributed by atoms with E-state index in [0.29, 0.717) is 19.0 Å². The zero-order valence-electron chi connectivity index (χ0n) is 14.6. The third kappa shape index (κ3) is 3.83. The van der Waals surface area contributed by atoms with Crippen molar-refractivity contribution in [3.05, 3.63) is 11.8 Å². The highest BCUT2D eigenvalue weighted by molar-refractivity contribution is 5.78. The Morgan fingerprint density at radius 3 is 2.20 bits per heavy atom. The summed E-state index contributed by atoms with van der Waals surface area (Å²) in [5.41, 5.74) is 11.9. The molecule has 0 spiro atoms. The summed E-state index contributed by atoms with van der Waals surface area (Å²) in [5.74, 6) is 0.649. The quantitative estimate of drug-likeness (QED) is 0.803. The molecule has 8 heteroatoms. The molecule has 3 rings (SSSR count). The molecular formula is C17H26N6O2. The molecule has 3 heterocycles. The molecule has 0 saturated carbocycles. The van der Waals surface area contributed by atoms with Gasteiger partial charge < -0.3 is 21.3 Å². The van der Waals surface area contributed by atoms with Crippen LogP contribution in [0.5, 0.6) is 0 Å². The van der Waals surface area contributed by atoms with E-state index in [1.54, 1.807) is 6.20 Å². The monoisotopic (exact) mass is 346 g/mol. The summed E-state index contributed by atoms with van der Waals surface area (Å²) in [6.45, 7) is 4.79. The molecule has 0 radical (unpaired) electrons. The van der Waals surface area contributed by atoms with Crippen LogP contribution in [0.4, 0.5) is 11.8 Å². The van der Waals surface area contributed by atoms with Crippen molar-refractivity contribution < 1.29 is 9.59 Å². The molecule has 0 bridgehead atoms. The minimum atomic E-state index is -0.266. The average Bonchev–Trinajstić information content (AvgIpc) is 2.62. The fraction of sp³-hybridized carbons (Fsp3) is 0.647. The number of anilines is 2. The van der Waals surface area contributed by atoms with E-state index in [1.807, 2.05) is 11.8 Å². The van der Waals surface area contributed by atoms with E-state index < -0.39 is 0 Å². The number of aryl methyl sites for hydroxylation is 1. The second kappa shape index (κ2) is 7.25. The number of rotatable bonds is 4. The summed E-state index contributed by atoms with van der Waals surface area (Å²) in [6, 6.07) is 0. The molecule has 2 fully saturated rings. The lowest BCUT2D eigenvalue weighted by Crippen LogP contribution is -2.43. The Morgan fingerprint density at radius 1 is 1.04 bits per heavy atom. The molecule has 25 heavy (non-hydrogen) atoms. The number of primary amides is 2. The van der Waals surface area contributed by atoms with Gasteiger partial charge in [0.2, 0.25) is 17.8 Å². The highest BCUT2D eigenvalue weighted by Gasteiger charge is 2.28. The Morgan fingerprint density at radius 2 is 1.60 bits per heavy atom. The van der Waals surface area contributed by atoms with Gasteiger partial charge in [-0.2, -0.15) is 4.98 Å². The molecule has 2 aliphatic rings. The number of carbonyl (C=O) groups excluding carboxylic acids is 2. The van der Waals surface area contributed by atoms with Crippen molar-refractivity contribution in [3.8, 4) is 0 Å². The Labute approximate surface area is 147 Å². The fourth-order valence-electron chi connectivity index (χ4n) is 3.69. The van der Waals surface area contributed by atoms with Gasteiger partial charge in [-0.1, -0.05) is 0 Å². The van der Waals surface area contributed by atoms with Gasteiger partial charge in [0.1, 0.15) is 5.82 Å². The number of hydrogen-bond donors (Lipinski definition) is 2. The molecule has 4 N–H and O–H groups in total. The summed E-state index contributed by atoms with van der Waals surface area (Å²) in [7, 11) is 0. The van der Waals surface area contributed by atoms with E-state index in [0.717, 1.165) is 50.2 Å². The van der Waals surface area contributed by atoms with Crippen molar-refractivity contribution in [3.63, 3.8) is 0 Å². The smallest absolute Gasteiger partial charge is 0.227 e. The Hall–Kier alpha value is -2.38. The molecule has 2 amide bonds. The summed E-state index contributed by atoms with van der Waals surface area (Å²) in [4.78, 5) is 36.4. The van der Waals surface area contributed by atoms with Crippen molar-refractivity contribution in [2.45, 2.75) is 32.6 Å². The number of amides is 2. The summed E-state index contributed by atoms with van der Waals surface area (Å²) in [6.07, 6.45) is 5.26. The molecule has 8 nitrogen and oxygen atoms in total. The fourth-order valence-corrected chi connectivity index (χ4v) is 3.69. The van der Waals surface area contributed by atoms with Gasteiger partial charge in [0, 0.05) is 37.9 Å². The van der Waals surface area contributed by atoms with Crippen LogP contribution in [0.25, 0.3) is 0 Å². The second-order valence-corrected chi connectivity index (χ2v) is 7.05. The van der Waals surface area contributed by atoms with Crippen LogP contribution in [0.1, 0.15) is 31.2 Å². The number of aromatic nitrogens is 2. The lowest BCUT2D eigenvalue weighted by Gasteiger charge is -2.35. The van der Waals surface area contributed by atoms with Gasteiger partial charge >= 0.3 is 0 Å². The van der Waals surface area contributed by atoms with Crippen LogP contribution in [0.15, 0.2) is 6.20 Å². The minimum Gasteiger partial charge on any atom is -0.369 e. The summed E-state index contributed by atoms with van der Waals surface area (Å²) in [5, 5.41) is 0. The number of carbonyl (C=O) groups is 2. The molecule has 2 aliphatic heterocycles. The molecule has 136 valence electrons. The maximum Gasteiger partial charge on any atom is 0.227 e. The molecule has 2 atom stereocenters. The number of nitrogens with zero attached hydrogens (tertiary/aromatic N) is 4. The predicted molar refractivity (Wildman–Crippen MR) is 95.0 cm³/mol. The van der Waals surface area contributed by atoms with Crippen molar-refractivity contribution in [2.24, 2.45) is 23.3 Å². The first-order valence-electron chi connectivity index (χ1n) is 8.88. The van der Waals surface area contributed by atoms with E-state index in [1.165, 1.54) is 0 Å². The van der Waals surface area contributed by atoms with Crippen LogP contribution < -0.4 is 21.3 Å². The van der Waals surface area contributed by atoms with Crippen LogP contribution in [0.2, 0.25) is 0 Å². The third-order valence-corrected chi connectivity index (χ3v) is 5.16. The third-order valence-electron chi connectivity index (χ3n) is 5.16. The van der Waals surface area contributed by atoms with E-state index in [9.17, 15) is 9.59 Å². The number of hydrogen-bond acceptors (Lipinski definition) is 6. The molecule has 0 unspecified atom stereocenters. The second-order valence-electron chi connectivity index (χ2n) is 7.05. The van der Waals surface area contributed by atoms with Crippen LogP contribution in [0.3, 0.4) is 0 Å². The van der Waals surface area contributed by atoms with Crippen molar-refractivity contribution in [1.29, 1.82) is 0 Å². The SMILES string of the molecule is Cc1cnc(N2CCC[C@H](C(N)=O)C2)nc1N1CCC[C@@H](C(N)=O)C1. The lowest BCUT2D eigenvalue weighted by molar-refractivity contribution is -0.122. The van der Waals surface area contributed by atoms with Gasteiger partial charge in [-0.05, 0) is 32.6 Å². The minimum absolute atomic E-state index is 0.138. The van der Waals surface area contributed by atoms with Crippen LogP contribution in [0, 0.1) is 18.8 Å². The molecule has 1 aromatic heterocycles. The van der Waals surface area contributed by atoms with Gasteiger partial charge in [-0.25, -0.2) is 4.98 Å². The maximum atomic E-state index is 11.5. The van der Waals surface area contributed by atoms with Crippen molar-refractivity contribution in [2.75, 3.05) is 36.0 Å². The zero-order valence-corrected chi connectivity index (χ0v) is 14.6. The molecule has 0 aliphatic carbocycles. The van der Waals surface area contributed by atoms with E-state index in [4.69, 9.17) is 16.5 Å². The van der Waals surface area contributed by atoms with Crippen molar-refractivity contribution in [1.82, 2.24) is 9.97 Å². The molecular weight excluding hydrogens is 320 g/mol. The first-order valence-corrected chi connectivity index (χ1v) is 8.88. The Balaban J connectivity index is 1.80. The topological polar surface area (TPSA) is 118 Å². The van der Waals surface area contributed by atoms with Crippen LogP contribution in [-0.2, 0) is 9.59 Å². The van der Waals surface area contributed by atoms with E-state index >= 15 is 0 Å². The van der Waals surface area contributed by atoms with Gasteiger partial charge in [-0.15, -0.1) is 0 Å². The standard InChI is InChI=1S/C17H26N6O2/c1-11-8-20-17(23-7-3-5-13(10-23)15(19)25)21-16(11)22-6-2-4-12(9-22)14(18)24/h8,12-13H,2-7,9-10H2,1H3,(H2,18,24)(H2,19,25)/t12-,13+/m1/s1. The highest BCUT2D eigenvalue weighted by atomic mass is 16.1. The average molecular weight is 346 g/mol. The molecule has 2 saturated heterocycles. The van der Waals surface area contributed by atoms with Crippen LogP contribution in [-0.4, -0.2) is 48.0 Å². The first kappa shape index (κ1) is 17.4. The van der Waals surface area contributed by atoms with Gasteiger partial charge in [0.25, 0.3) is 0 Å². The largest absolute Gasteiger partial charge is 0.369 e. The summed E-state index contributed by atoms with van der Waals surface area (Å²) >= 11 is 0.